The molecule has 6 heterocycles. The van der Waals surface area contributed by atoms with Gasteiger partial charge in [0, 0.05) is 62.0 Å². The molecule has 0 bridgehead atoms. The van der Waals surface area contributed by atoms with E-state index in [4.69, 9.17) is 16.3 Å². The number of anilines is 2. The second-order valence-electron chi connectivity index (χ2n) is 12.3. The van der Waals surface area contributed by atoms with Crippen LogP contribution in [0.5, 0.6) is 5.75 Å². The monoisotopic (exact) mass is 685 g/mol. The summed E-state index contributed by atoms with van der Waals surface area (Å²) >= 11 is 6.25. The molecule has 2 fully saturated rings. The first-order chi connectivity index (χ1) is 23.0. The third-order valence-corrected chi connectivity index (χ3v) is 9.66. The maximum absolute atomic E-state index is 15.3. The van der Waals surface area contributed by atoms with Gasteiger partial charge in [0.2, 0.25) is 17.7 Å². The van der Waals surface area contributed by atoms with Gasteiger partial charge in [-0.05, 0) is 25.8 Å². The summed E-state index contributed by atoms with van der Waals surface area (Å²) < 4.78 is 53.0. The maximum Gasteiger partial charge on any atom is 0.263 e. The van der Waals surface area contributed by atoms with Gasteiger partial charge in [-0.25, -0.2) is 14.4 Å². The number of carbonyl (C=O) groups excluding carboxylic acids is 2. The number of phenols is 1. The number of aromatic nitrogens is 4. The molecule has 3 aliphatic rings. The van der Waals surface area contributed by atoms with Crippen LogP contribution in [0.1, 0.15) is 35.9 Å². The van der Waals surface area contributed by atoms with Gasteiger partial charge in [-0.15, -0.1) is 0 Å². The number of pyridine rings is 1. The molecule has 1 aromatic carbocycles. The molecular weight excluding hydrogens is 655 g/mol. The van der Waals surface area contributed by atoms with Gasteiger partial charge in [0.05, 0.1) is 35.9 Å². The van der Waals surface area contributed by atoms with Crippen LogP contribution in [0.25, 0.3) is 22.2 Å². The zero-order valence-corrected chi connectivity index (χ0v) is 26.6. The number of hydrogen-bond acceptors (Lipinski definition) is 9. The first kappa shape index (κ1) is 32.1. The van der Waals surface area contributed by atoms with Crippen molar-refractivity contribution < 1.29 is 32.6 Å². The molecule has 16 heteroatoms. The molecule has 0 saturated carbocycles. The summed E-state index contributed by atoms with van der Waals surface area (Å²) in [6.07, 6.45) is 3.42. The number of aromatic hydroxyl groups is 1. The molecule has 48 heavy (non-hydrogen) atoms. The minimum atomic E-state index is -1.66. The highest BCUT2D eigenvalue weighted by Crippen LogP contribution is 2.36. The zero-order valence-electron chi connectivity index (χ0n) is 25.8. The number of rotatable bonds is 7. The van der Waals surface area contributed by atoms with Crippen molar-refractivity contribution >= 4 is 46.3 Å². The number of carbonyl (C=O) groups is 2. The molecule has 12 nitrogen and oxygen atoms in total. The number of amides is 1. The molecule has 1 amide bonds. The molecule has 252 valence electrons. The molecule has 1 unspecified atom stereocenters. The average Bonchev–Trinajstić information content (AvgIpc) is 3.39. The molecule has 3 aromatic heterocycles. The number of halogens is 4. The lowest BCUT2D eigenvalue weighted by Crippen LogP contribution is -2.59. The fraction of sp³-hybridized carbons (Fsp3) is 0.406. The van der Waals surface area contributed by atoms with E-state index in [1.807, 2.05) is 11.8 Å². The van der Waals surface area contributed by atoms with Crippen molar-refractivity contribution in [1.29, 1.82) is 0 Å². The van der Waals surface area contributed by atoms with Gasteiger partial charge in [-0.2, -0.15) is 8.78 Å². The normalized spacial score (nSPS) is 18.5. The van der Waals surface area contributed by atoms with Gasteiger partial charge in [0.15, 0.2) is 17.9 Å². The van der Waals surface area contributed by atoms with Gasteiger partial charge < -0.3 is 24.6 Å². The summed E-state index contributed by atoms with van der Waals surface area (Å²) in [5.41, 5.74) is -1.60. The Balaban J connectivity index is 1.23. The van der Waals surface area contributed by atoms with E-state index in [2.05, 4.69) is 20.2 Å². The molecule has 0 spiro atoms. The molecule has 0 radical (unpaired) electrons. The van der Waals surface area contributed by atoms with Crippen LogP contribution >= 0.6 is 11.6 Å². The largest absolute Gasteiger partial charge is 0.504 e. The number of nitrogens with zero attached hydrogens (tertiary/aromatic N) is 6. The highest BCUT2D eigenvalue weighted by molar-refractivity contribution is 6.33. The highest BCUT2D eigenvalue weighted by atomic mass is 35.5. The summed E-state index contributed by atoms with van der Waals surface area (Å²) in [5, 5.41) is 12.1. The summed E-state index contributed by atoms with van der Waals surface area (Å²) in [6.45, 7) is 5.29. The van der Waals surface area contributed by atoms with Crippen LogP contribution in [0.15, 0.2) is 23.1 Å². The van der Waals surface area contributed by atoms with Crippen LogP contribution < -0.4 is 15.8 Å². The van der Waals surface area contributed by atoms with Gasteiger partial charge in [-0.3, -0.25) is 23.9 Å². The minimum Gasteiger partial charge on any atom is -0.504 e. The Morgan fingerprint density at radius 3 is 2.62 bits per heavy atom. The van der Waals surface area contributed by atoms with E-state index >= 15 is 8.78 Å². The number of nitrogens with one attached hydrogen (secondary N) is 1. The second kappa shape index (κ2) is 12.5. The Kier molecular flexibility index (Phi) is 8.37. The Hall–Kier alpha value is -4.47. The Bertz CT molecular complexity index is 2030. The van der Waals surface area contributed by atoms with Crippen molar-refractivity contribution in [3.8, 4) is 16.9 Å². The van der Waals surface area contributed by atoms with Gasteiger partial charge >= 0.3 is 0 Å². The summed E-state index contributed by atoms with van der Waals surface area (Å²) in [7, 11) is 0. The molecule has 0 aliphatic carbocycles. The fourth-order valence-corrected chi connectivity index (χ4v) is 6.84. The average molecular weight is 686 g/mol. The van der Waals surface area contributed by atoms with E-state index in [1.165, 1.54) is 21.4 Å². The number of piperazine rings is 1. The van der Waals surface area contributed by atoms with Gasteiger partial charge in [0.1, 0.15) is 28.9 Å². The lowest BCUT2D eigenvalue weighted by molar-refractivity contribution is -0.116. The predicted octanol–water partition coefficient (Wildman–Crippen LogP) is 3.73. The topological polar surface area (TPSA) is 135 Å². The summed E-state index contributed by atoms with van der Waals surface area (Å²) in [6, 6.07) is 2.78. The predicted molar refractivity (Wildman–Crippen MR) is 170 cm³/mol. The number of ether oxygens (including phenoxy) is 1. The summed E-state index contributed by atoms with van der Waals surface area (Å²) in [5.74, 6) is -5.16. The van der Waals surface area contributed by atoms with Crippen LogP contribution in [0, 0.1) is 17.6 Å². The number of aryl methyl sites for hydroxylation is 1. The van der Waals surface area contributed by atoms with Crippen molar-refractivity contribution in [2.45, 2.75) is 51.4 Å². The van der Waals surface area contributed by atoms with E-state index in [1.54, 1.807) is 0 Å². The number of fused-ring (bicyclic) bond motifs is 2. The van der Waals surface area contributed by atoms with Crippen LogP contribution in [0.4, 0.5) is 24.7 Å². The van der Waals surface area contributed by atoms with Crippen molar-refractivity contribution in [2.75, 3.05) is 43.1 Å². The van der Waals surface area contributed by atoms with Crippen LogP contribution in [-0.4, -0.2) is 86.2 Å². The van der Waals surface area contributed by atoms with Gasteiger partial charge in [-0.1, -0.05) is 11.6 Å². The van der Waals surface area contributed by atoms with E-state index in [0.717, 1.165) is 25.6 Å². The molecule has 2 N–H and O–H groups in total. The van der Waals surface area contributed by atoms with Crippen LogP contribution in [0.2, 0.25) is 5.02 Å². The lowest BCUT2D eigenvalue weighted by Gasteiger charge is -2.46. The molecule has 4 aromatic rings. The Morgan fingerprint density at radius 2 is 1.92 bits per heavy atom. The van der Waals surface area contributed by atoms with Gasteiger partial charge in [0.25, 0.3) is 5.56 Å². The first-order valence-corrected chi connectivity index (χ1v) is 16.0. The third kappa shape index (κ3) is 5.48. The van der Waals surface area contributed by atoms with Crippen LogP contribution in [-0.2, 0) is 29.0 Å². The molecule has 1 atom stereocenters. The Morgan fingerprint density at radius 1 is 1.12 bits per heavy atom. The standard InChI is InChI=1S/C32H31ClF3N7O5/c1-16-10-40(18-14-48-15-18)6-7-42(16)23-9-21(26(33)30(36)38-23)37-24(45)12-41-11-20(19-8-17(13-44)29(46)28(35)27(19)34)25-31(41)39-22-4-2-3-5-43(22)32(25)47/h8-9,11,13,16,18,46H,2-7,10,12,14-15H2,1H3,(H,37,38,45). The molecule has 2 saturated heterocycles. The number of phenolic OH excluding ortho intramolecular Hbond substituents is 1. The van der Waals surface area contributed by atoms with E-state index in [9.17, 15) is 23.9 Å². The van der Waals surface area contributed by atoms with E-state index in [-0.39, 0.29) is 34.6 Å². The van der Waals surface area contributed by atoms with Crippen molar-refractivity contribution in [2.24, 2.45) is 0 Å². The lowest BCUT2D eigenvalue weighted by atomic mass is 10.0. The molecule has 7 rings (SSSR count). The Labute approximate surface area is 276 Å². The second-order valence-corrected chi connectivity index (χ2v) is 12.7. The number of benzene rings is 1. The molecular formula is C32H31ClF3N7O5. The SMILES string of the molecule is CC1CN(C2COC2)CCN1c1cc(NC(=O)Cn2cc(-c3cc(C=O)c(O)c(F)c3F)c3c(=O)n4c(nc32)CCCC4)c(Cl)c(F)n1. The van der Waals surface area contributed by atoms with E-state index < -0.39 is 57.5 Å². The van der Waals surface area contributed by atoms with Crippen LogP contribution in [0.3, 0.4) is 0 Å². The molecule has 3 aliphatic heterocycles. The highest BCUT2D eigenvalue weighted by Gasteiger charge is 2.33. The van der Waals surface area contributed by atoms with E-state index in [0.29, 0.717) is 56.8 Å². The third-order valence-electron chi connectivity index (χ3n) is 9.30. The van der Waals surface area contributed by atoms with Crippen molar-refractivity contribution in [3.05, 3.63) is 62.7 Å². The smallest absolute Gasteiger partial charge is 0.263 e. The van der Waals surface area contributed by atoms with Crippen molar-refractivity contribution in [1.82, 2.24) is 24.0 Å². The quantitative estimate of drug-likeness (QED) is 0.221. The fourth-order valence-electron chi connectivity index (χ4n) is 6.69. The zero-order chi connectivity index (χ0) is 33.9. The van der Waals surface area contributed by atoms with Crippen molar-refractivity contribution in [3.63, 3.8) is 0 Å². The minimum absolute atomic E-state index is 0.0124. The summed E-state index contributed by atoms with van der Waals surface area (Å²) in [4.78, 5) is 51.7. The number of hydrogen-bond donors (Lipinski definition) is 2. The first-order valence-electron chi connectivity index (χ1n) is 15.6. The number of aldehydes is 1. The maximum atomic E-state index is 15.3.